The molecule has 0 fully saturated rings. The van der Waals surface area contributed by atoms with Crippen molar-refractivity contribution in [3.05, 3.63) is 34.1 Å². The van der Waals surface area contributed by atoms with Crippen molar-refractivity contribution in [2.24, 2.45) is 5.73 Å². The highest BCUT2D eigenvalue weighted by molar-refractivity contribution is 6.30. The molecule has 0 aromatic heterocycles. The Bertz CT molecular complexity index is 411. The third kappa shape index (κ3) is 2.69. The van der Waals surface area contributed by atoms with Gasteiger partial charge in [-0.15, -0.1) is 0 Å². The summed E-state index contributed by atoms with van der Waals surface area (Å²) in [5, 5.41) is 8.93. The lowest BCUT2D eigenvalue weighted by atomic mass is 10.0. The molecule has 1 unspecified atom stereocenters. The first-order valence-electron chi connectivity index (χ1n) is 4.42. The van der Waals surface area contributed by atoms with Gasteiger partial charge in [0.1, 0.15) is 11.9 Å². The summed E-state index contributed by atoms with van der Waals surface area (Å²) in [6, 6.07) is 1.14. The van der Waals surface area contributed by atoms with Crippen LogP contribution in [0.2, 0.25) is 5.02 Å². The summed E-state index contributed by atoms with van der Waals surface area (Å²) in [4.78, 5) is 10.7. The second-order valence-corrected chi connectivity index (χ2v) is 3.65. The van der Waals surface area contributed by atoms with Crippen LogP contribution < -0.4 is 5.73 Å². The van der Waals surface area contributed by atoms with Gasteiger partial charge < -0.3 is 15.6 Å². The Labute approximate surface area is 96.8 Å². The standard InChI is InChI=1S/C10H11ClFNO3/c1-16-4-5-2-6(11)3-7(8(5)12)9(13)10(14)15/h2-3,9H,4,13H2,1H3,(H,14,15). The molecule has 4 nitrogen and oxygen atoms in total. The maximum atomic E-state index is 13.8. The molecular weight excluding hydrogens is 237 g/mol. The maximum Gasteiger partial charge on any atom is 0.325 e. The summed E-state index contributed by atoms with van der Waals surface area (Å²) in [6.07, 6.45) is 0. The van der Waals surface area contributed by atoms with E-state index in [-0.39, 0.29) is 22.8 Å². The molecule has 1 rings (SSSR count). The van der Waals surface area contributed by atoms with Crippen molar-refractivity contribution >= 4 is 17.6 Å². The van der Waals surface area contributed by atoms with E-state index in [0.29, 0.717) is 0 Å². The van der Waals surface area contributed by atoms with E-state index in [2.05, 4.69) is 0 Å². The van der Waals surface area contributed by atoms with Gasteiger partial charge in [-0.1, -0.05) is 11.6 Å². The first-order chi connectivity index (χ1) is 7.47. The lowest BCUT2D eigenvalue weighted by molar-refractivity contribution is -0.138. The van der Waals surface area contributed by atoms with E-state index in [1.54, 1.807) is 0 Å². The molecule has 0 bridgehead atoms. The molecule has 0 saturated heterocycles. The first kappa shape index (κ1) is 12.9. The van der Waals surface area contributed by atoms with Gasteiger partial charge in [-0.3, -0.25) is 4.79 Å². The quantitative estimate of drug-likeness (QED) is 0.850. The van der Waals surface area contributed by atoms with E-state index >= 15 is 0 Å². The Kier molecular flexibility index (Phi) is 4.23. The number of halogens is 2. The van der Waals surface area contributed by atoms with Gasteiger partial charge in [0.15, 0.2) is 0 Å². The van der Waals surface area contributed by atoms with E-state index in [1.807, 2.05) is 0 Å². The third-order valence-corrected chi connectivity index (χ3v) is 2.26. The lowest BCUT2D eigenvalue weighted by Crippen LogP contribution is -2.22. The monoisotopic (exact) mass is 247 g/mol. The second-order valence-electron chi connectivity index (χ2n) is 3.22. The zero-order valence-corrected chi connectivity index (χ0v) is 9.29. The van der Waals surface area contributed by atoms with Crippen molar-refractivity contribution in [2.75, 3.05) is 7.11 Å². The van der Waals surface area contributed by atoms with Crippen LogP contribution in [0.5, 0.6) is 0 Å². The molecule has 0 heterocycles. The molecule has 1 aromatic carbocycles. The van der Waals surface area contributed by atoms with Crippen molar-refractivity contribution in [3.8, 4) is 0 Å². The molecule has 0 amide bonds. The topological polar surface area (TPSA) is 72.5 Å². The summed E-state index contributed by atoms with van der Waals surface area (Å²) >= 11 is 5.74. The number of carboxylic acid groups (broad SMARTS) is 1. The molecule has 0 aliphatic heterocycles. The fraction of sp³-hybridized carbons (Fsp3) is 0.300. The first-order valence-corrected chi connectivity index (χ1v) is 4.80. The summed E-state index contributed by atoms with van der Waals surface area (Å²) in [5.41, 5.74) is 5.37. The Hall–Kier alpha value is -1.17. The number of aliphatic carboxylic acids is 1. The normalized spacial score (nSPS) is 12.5. The van der Waals surface area contributed by atoms with Gasteiger partial charge in [0.25, 0.3) is 0 Å². The predicted molar refractivity (Wildman–Crippen MR) is 56.7 cm³/mol. The number of rotatable bonds is 4. The van der Waals surface area contributed by atoms with Crippen LogP contribution in [0.4, 0.5) is 4.39 Å². The summed E-state index contributed by atoms with van der Waals surface area (Å²) in [5.74, 6) is -2.01. The van der Waals surface area contributed by atoms with Crippen LogP contribution in [-0.4, -0.2) is 18.2 Å². The number of ether oxygens (including phenoxy) is 1. The van der Waals surface area contributed by atoms with Crippen LogP contribution in [0.15, 0.2) is 12.1 Å². The fourth-order valence-corrected chi connectivity index (χ4v) is 1.54. The summed E-state index contributed by atoms with van der Waals surface area (Å²) in [6.45, 7) is 0.00569. The molecule has 0 spiro atoms. The molecule has 0 saturated carbocycles. The number of hydrogen-bond donors (Lipinski definition) is 2. The molecule has 3 N–H and O–H groups in total. The predicted octanol–water partition coefficient (Wildman–Crippen LogP) is 1.71. The van der Waals surface area contributed by atoms with Gasteiger partial charge in [0.05, 0.1) is 6.61 Å². The van der Waals surface area contributed by atoms with Crippen molar-refractivity contribution in [1.82, 2.24) is 0 Å². The van der Waals surface area contributed by atoms with Crippen LogP contribution >= 0.6 is 11.6 Å². The molecule has 1 aromatic rings. The molecule has 0 radical (unpaired) electrons. The number of benzene rings is 1. The second kappa shape index (κ2) is 5.25. The number of carbonyl (C=O) groups is 1. The van der Waals surface area contributed by atoms with Gasteiger partial charge in [-0.25, -0.2) is 4.39 Å². The Morgan fingerprint density at radius 3 is 2.81 bits per heavy atom. The minimum atomic E-state index is -1.44. The molecule has 6 heteroatoms. The van der Waals surface area contributed by atoms with Gasteiger partial charge in [0.2, 0.25) is 0 Å². The maximum absolute atomic E-state index is 13.8. The smallest absolute Gasteiger partial charge is 0.325 e. The van der Waals surface area contributed by atoms with Crippen molar-refractivity contribution in [3.63, 3.8) is 0 Å². The number of hydrogen-bond acceptors (Lipinski definition) is 3. The Morgan fingerprint density at radius 2 is 2.31 bits per heavy atom. The van der Waals surface area contributed by atoms with E-state index in [4.69, 9.17) is 27.2 Å². The van der Waals surface area contributed by atoms with Crippen LogP contribution in [0, 0.1) is 5.82 Å². The summed E-state index contributed by atoms with van der Waals surface area (Å²) in [7, 11) is 1.40. The van der Waals surface area contributed by atoms with Gasteiger partial charge in [-0.2, -0.15) is 0 Å². The van der Waals surface area contributed by atoms with Gasteiger partial charge in [0, 0.05) is 23.3 Å². The van der Waals surface area contributed by atoms with E-state index < -0.39 is 17.8 Å². The highest BCUT2D eigenvalue weighted by Crippen LogP contribution is 2.24. The van der Waals surface area contributed by atoms with Gasteiger partial charge in [-0.05, 0) is 12.1 Å². The average molecular weight is 248 g/mol. The van der Waals surface area contributed by atoms with Crippen molar-refractivity contribution in [2.45, 2.75) is 12.6 Å². The zero-order chi connectivity index (χ0) is 12.3. The molecule has 16 heavy (non-hydrogen) atoms. The number of methoxy groups -OCH3 is 1. The van der Waals surface area contributed by atoms with Crippen LogP contribution in [0.3, 0.4) is 0 Å². The average Bonchev–Trinajstić information content (AvgIpc) is 2.22. The lowest BCUT2D eigenvalue weighted by Gasteiger charge is -2.12. The third-order valence-electron chi connectivity index (χ3n) is 2.04. The Balaban J connectivity index is 3.23. The molecule has 1 atom stereocenters. The number of nitrogens with two attached hydrogens (primary N) is 1. The zero-order valence-electron chi connectivity index (χ0n) is 8.54. The van der Waals surface area contributed by atoms with Crippen molar-refractivity contribution < 1.29 is 19.0 Å². The van der Waals surface area contributed by atoms with Crippen LogP contribution in [-0.2, 0) is 16.1 Å². The minimum Gasteiger partial charge on any atom is -0.480 e. The largest absolute Gasteiger partial charge is 0.480 e. The molecule has 88 valence electrons. The highest BCUT2D eigenvalue weighted by Gasteiger charge is 2.21. The van der Waals surface area contributed by atoms with E-state index in [1.165, 1.54) is 19.2 Å². The van der Waals surface area contributed by atoms with Gasteiger partial charge >= 0.3 is 5.97 Å². The van der Waals surface area contributed by atoms with Crippen molar-refractivity contribution in [1.29, 1.82) is 0 Å². The SMILES string of the molecule is COCc1cc(Cl)cc(C(N)C(=O)O)c1F. The van der Waals surface area contributed by atoms with E-state index in [9.17, 15) is 9.18 Å². The molecule has 0 aliphatic rings. The number of carboxylic acids is 1. The van der Waals surface area contributed by atoms with E-state index in [0.717, 1.165) is 0 Å². The summed E-state index contributed by atoms with van der Waals surface area (Å²) < 4.78 is 18.5. The van der Waals surface area contributed by atoms with Crippen LogP contribution in [0.1, 0.15) is 17.2 Å². The van der Waals surface area contributed by atoms with Crippen LogP contribution in [0.25, 0.3) is 0 Å². The minimum absolute atomic E-state index is 0.00569. The fourth-order valence-electron chi connectivity index (χ4n) is 1.29. The highest BCUT2D eigenvalue weighted by atomic mass is 35.5. The molecule has 0 aliphatic carbocycles. The molecular formula is C10H11ClFNO3. The Morgan fingerprint density at radius 1 is 1.69 bits per heavy atom.